The van der Waals surface area contributed by atoms with Gasteiger partial charge >= 0.3 is 0 Å². The average molecular weight is 423 g/mol. The normalized spacial score (nSPS) is 34.6. The third-order valence-electron chi connectivity index (χ3n) is 8.10. The van der Waals surface area contributed by atoms with Crippen LogP contribution in [0.1, 0.15) is 71.7 Å². The molecule has 1 aromatic carbocycles. The van der Waals surface area contributed by atoms with Gasteiger partial charge in [0.15, 0.2) is 6.29 Å². The van der Waals surface area contributed by atoms with Gasteiger partial charge in [0.1, 0.15) is 17.7 Å². The highest BCUT2D eigenvalue weighted by molar-refractivity contribution is 5.84. The SMILES string of the molecule is C=C(CCC=O)[C@@H]1[C@H](C)C(=O)CC2=C(C)CC[C@]3(OC(c4ccccc4)O[C@@H]13)C2(C)C. The molecule has 4 heteroatoms. The maximum Gasteiger partial charge on any atom is 0.185 e. The van der Waals surface area contributed by atoms with Gasteiger partial charge < -0.3 is 14.3 Å². The highest BCUT2D eigenvalue weighted by atomic mass is 16.7. The molecular formula is C27H34O4. The number of ketones is 1. The lowest BCUT2D eigenvalue weighted by Crippen LogP contribution is -2.60. The summed E-state index contributed by atoms with van der Waals surface area (Å²) < 4.78 is 13.6. The summed E-state index contributed by atoms with van der Waals surface area (Å²) in [5.74, 6) is -0.194. The van der Waals surface area contributed by atoms with Gasteiger partial charge in [-0.1, -0.05) is 74.4 Å². The van der Waals surface area contributed by atoms with Gasteiger partial charge in [0, 0.05) is 35.7 Å². The Morgan fingerprint density at radius 2 is 1.97 bits per heavy atom. The van der Waals surface area contributed by atoms with Crippen LogP contribution in [0, 0.1) is 17.3 Å². The predicted octanol–water partition coefficient (Wildman–Crippen LogP) is 5.74. The average Bonchev–Trinajstić information content (AvgIpc) is 3.14. The number of hydrogen-bond donors (Lipinski definition) is 0. The molecule has 2 aliphatic carbocycles. The van der Waals surface area contributed by atoms with Crippen molar-refractivity contribution in [2.45, 2.75) is 77.8 Å². The maximum absolute atomic E-state index is 13.4. The van der Waals surface area contributed by atoms with Crippen molar-refractivity contribution in [2.75, 3.05) is 0 Å². The summed E-state index contributed by atoms with van der Waals surface area (Å²) >= 11 is 0. The van der Waals surface area contributed by atoms with Crippen LogP contribution in [0.5, 0.6) is 0 Å². The van der Waals surface area contributed by atoms with E-state index in [1.54, 1.807) is 0 Å². The molecule has 1 spiro atoms. The Morgan fingerprint density at radius 3 is 2.65 bits per heavy atom. The summed E-state index contributed by atoms with van der Waals surface area (Å²) in [6.45, 7) is 12.9. The maximum atomic E-state index is 13.4. The van der Waals surface area contributed by atoms with E-state index in [1.807, 2.05) is 37.3 Å². The number of hydrogen-bond acceptors (Lipinski definition) is 4. The van der Waals surface area contributed by atoms with E-state index in [2.05, 4.69) is 27.4 Å². The minimum atomic E-state index is -0.550. The second-order valence-corrected chi connectivity index (χ2v) is 10.0. The number of carbonyl (C=O) groups is 2. The molecule has 1 saturated carbocycles. The van der Waals surface area contributed by atoms with Crippen LogP contribution in [0.3, 0.4) is 0 Å². The number of benzene rings is 1. The highest BCUT2D eigenvalue weighted by Crippen LogP contribution is 2.62. The molecular weight excluding hydrogens is 388 g/mol. The second kappa shape index (κ2) is 8.14. The van der Waals surface area contributed by atoms with E-state index >= 15 is 0 Å². The van der Waals surface area contributed by atoms with Crippen molar-refractivity contribution in [3.8, 4) is 0 Å². The molecule has 4 rings (SSSR count). The van der Waals surface area contributed by atoms with Gasteiger partial charge in [-0.2, -0.15) is 0 Å². The monoisotopic (exact) mass is 422 g/mol. The van der Waals surface area contributed by atoms with Crippen molar-refractivity contribution in [3.63, 3.8) is 0 Å². The lowest BCUT2D eigenvalue weighted by Gasteiger charge is -2.54. The molecule has 0 amide bonds. The van der Waals surface area contributed by atoms with Crippen LogP contribution in [0.25, 0.3) is 0 Å². The van der Waals surface area contributed by atoms with Crippen molar-refractivity contribution >= 4 is 12.1 Å². The quantitative estimate of drug-likeness (QED) is 0.449. The summed E-state index contributed by atoms with van der Waals surface area (Å²) in [7, 11) is 0. The number of ether oxygens (including phenoxy) is 2. The molecule has 3 aliphatic rings. The van der Waals surface area contributed by atoms with Crippen LogP contribution >= 0.6 is 0 Å². The Hall–Kier alpha value is -2.04. The van der Waals surface area contributed by atoms with Crippen molar-refractivity contribution < 1.29 is 19.1 Å². The summed E-state index contributed by atoms with van der Waals surface area (Å²) in [5.41, 5.74) is 3.52. The molecule has 166 valence electrons. The predicted molar refractivity (Wildman–Crippen MR) is 120 cm³/mol. The molecule has 31 heavy (non-hydrogen) atoms. The fraction of sp³-hybridized carbons (Fsp3) is 0.556. The lowest BCUT2D eigenvalue weighted by atomic mass is 9.54. The minimum Gasteiger partial charge on any atom is -0.341 e. The van der Waals surface area contributed by atoms with E-state index in [-0.39, 0.29) is 29.1 Å². The van der Waals surface area contributed by atoms with E-state index < -0.39 is 11.9 Å². The van der Waals surface area contributed by atoms with Gasteiger partial charge in [-0.05, 0) is 26.2 Å². The van der Waals surface area contributed by atoms with E-state index in [9.17, 15) is 9.59 Å². The fourth-order valence-electron chi connectivity index (χ4n) is 6.14. The van der Waals surface area contributed by atoms with E-state index in [0.29, 0.717) is 19.3 Å². The zero-order valence-electron chi connectivity index (χ0n) is 19.1. The first-order valence-corrected chi connectivity index (χ1v) is 11.4. The summed E-state index contributed by atoms with van der Waals surface area (Å²) in [4.78, 5) is 24.5. The van der Waals surface area contributed by atoms with Gasteiger partial charge in [-0.25, -0.2) is 0 Å². The smallest absolute Gasteiger partial charge is 0.185 e. The molecule has 0 radical (unpaired) electrons. The topological polar surface area (TPSA) is 52.6 Å². The fourth-order valence-corrected chi connectivity index (χ4v) is 6.14. The van der Waals surface area contributed by atoms with E-state index in [4.69, 9.17) is 9.47 Å². The van der Waals surface area contributed by atoms with Crippen molar-refractivity contribution in [2.24, 2.45) is 17.3 Å². The molecule has 1 saturated heterocycles. The van der Waals surface area contributed by atoms with Crippen molar-refractivity contribution in [1.82, 2.24) is 0 Å². The van der Waals surface area contributed by atoms with Gasteiger partial charge in [0.05, 0.1) is 6.10 Å². The molecule has 0 aromatic heterocycles. The van der Waals surface area contributed by atoms with E-state index in [0.717, 1.165) is 30.3 Å². The zero-order chi connectivity index (χ0) is 22.4. The van der Waals surface area contributed by atoms with Crippen LogP contribution in [0.2, 0.25) is 0 Å². The number of aldehydes is 1. The first kappa shape index (κ1) is 22.2. The van der Waals surface area contributed by atoms with Gasteiger partial charge in [-0.3, -0.25) is 4.79 Å². The second-order valence-electron chi connectivity index (χ2n) is 10.0. The molecule has 1 aliphatic heterocycles. The highest BCUT2D eigenvalue weighted by Gasteiger charge is 2.65. The Morgan fingerprint density at radius 1 is 1.26 bits per heavy atom. The Balaban J connectivity index is 1.86. The number of allylic oxidation sites excluding steroid dienone is 1. The van der Waals surface area contributed by atoms with Crippen LogP contribution in [0.15, 0.2) is 53.6 Å². The van der Waals surface area contributed by atoms with Crippen molar-refractivity contribution in [1.29, 1.82) is 0 Å². The zero-order valence-corrected chi connectivity index (χ0v) is 19.1. The molecule has 1 aromatic rings. The molecule has 2 bridgehead atoms. The van der Waals surface area contributed by atoms with Gasteiger partial charge in [-0.15, -0.1) is 0 Å². The van der Waals surface area contributed by atoms with E-state index in [1.165, 1.54) is 11.1 Å². The van der Waals surface area contributed by atoms with Gasteiger partial charge in [0.25, 0.3) is 0 Å². The van der Waals surface area contributed by atoms with Gasteiger partial charge in [0.2, 0.25) is 0 Å². The van der Waals surface area contributed by atoms with Crippen LogP contribution in [-0.4, -0.2) is 23.8 Å². The molecule has 1 unspecified atom stereocenters. The summed E-state index contributed by atoms with van der Waals surface area (Å²) in [6, 6.07) is 10.0. The molecule has 0 N–H and O–H groups in total. The van der Waals surface area contributed by atoms with Crippen LogP contribution in [0.4, 0.5) is 0 Å². The first-order valence-electron chi connectivity index (χ1n) is 11.4. The Bertz CT molecular complexity index is 912. The molecule has 5 atom stereocenters. The van der Waals surface area contributed by atoms with Crippen LogP contribution in [-0.2, 0) is 19.1 Å². The minimum absolute atomic E-state index is 0.180. The summed E-state index contributed by atoms with van der Waals surface area (Å²) in [6.07, 6.45) is 3.32. The summed E-state index contributed by atoms with van der Waals surface area (Å²) in [5, 5.41) is 0. The molecule has 2 fully saturated rings. The number of fused-ring (bicyclic) bond motifs is 1. The first-order chi connectivity index (χ1) is 14.7. The number of rotatable bonds is 5. The third-order valence-corrected chi connectivity index (χ3v) is 8.10. The van der Waals surface area contributed by atoms with Crippen LogP contribution < -0.4 is 0 Å². The van der Waals surface area contributed by atoms with Crippen molar-refractivity contribution in [3.05, 3.63) is 59.2 Å². The lowest BCUT2D eigenvalue weighted by molar-refractivity contribution is -0.141. The standard InChI is InChI=1S/C27H34O4/c1-17-13-14-27-24(30-25(31-27)20-11-7-6-8-12-20)23(18(2)10-9-15-28)19(3)22(29)16-21(17)26(27,4)5/h6-8,11-12,15,19,23-25H,2,9-10,13-14,16H2,1,3-5H3/t19-,23-,24+,25?,27-/m1/s1. The Kier molecular flexibility index (Phi) is 5.82. The number of carbonyl (C=O) groups excluding carboxylic acids is 2. The number of Topliss-reactive ketones (excluding diaryl/α,β-unsaturated/α-hetero) is 1. The Labute approximate surface area is 185 Å². The molecule has 1 heterocycles. The molecule has 4 nitrogen and oxygen atoms in total. The largest absolute Gasteiger partial charge is 0.341 e. The third kappa shape index (κ3) is 3.44.